The number of oxazole rings is 1. The van der Waals surface area contributed by atoms with E-state index in [-0.39, 0.29) is 6.01 Å². The number of anilines is 3. The van der Waals surface area contributed by atoms with Gasteiger partial charge in [0.25, 0.3) is 6.01 Å². The number of ether oxygens (including phenoxy) is 1. The molecule has 1 fully saturated rings. The summed E-state index contributed by atoms with van der Waals surface area (Å²) in [5.74, 6) is 1.32. The predicted molar refractivity (Wildman–Crippen MR) is 146 cm³/mol. The van der Waals surface area contributed by atoms with Gasteiger partial charge in [-0.05, 0) is 42.1 Å². The number of nitrogens with zero attached hydrogens (tertiary/aromatic N) is 7. The summed E-state index contributed by atoms with van der Waals surface area (Å²) in [6.45, 7) is 5.50. The minimum Gasteiger partial charge on any atom is -0.424 e. The van der Waals surface area contributed by atoms with Gasteiger partial charge in [-0.2, -0.15) is 10.1 Å². The smallest absolute Gasteiger partial charge is 0.292 e. The van der Waals surface area contributed by atoms with Crippen LogP contribution in [0.1, 0.15) is 11.3 Å². The van der Waals surface area contributed by atoms with Crippen LogP contribution >= 0.6 is 0 Å². The lowest BCUT2D eigenvalue weighted by atomic mass is 10.0. The fourth-order valence-corrected chi connectivity index (χ4v) is 5.19. The van der Waals surface area contributed by atoms with Gasteiger partial charge in [-0.3, -0.25) is 0 Å². The Balaban J connectivity index is 1.37. The van der Waals surface area contributed by atoms with Gasteiger partial charge in [-0.15, -0.1) is 0 Å². The van der Waals surface area contributed by atoms with E-state index in [1.54, 1.807) is 0 Å². The average molecular weight is 508 g/mol. The zero-order valence-electron chi connectivity index (χ0n) is 20.8. The minimum absolute atomic E-state index is 0.115. The Labute approximate surface area is 217 Å². The van der Waals surface area contributed by atoms with E-state index in [0.717, 1.165) is 40.9 Å². The van der Waals surface area contributed by atoms with Crippen LogP contribution in [0.25, 0.3) is 44.2 Å². The maximum Gasteiger partial charge on any atom is 0.292 e. The van der Waals surface area contributed by atoms with Crippen molar-refractivity contribution in [2.24, 2.45) is 0 Å². The molecule has 5 heterocycles. The van der Waals surface area contributed by atoms with Gasteiger partial charge in [0, 0.05) is 24.0 Å². The molecule has 190 valence electrons. The molecule has 0 radical (unpaired) electrons. The van der Waals surface area contributed by atoms with Crippen LogP contribution in [0.2, 0.25) is 0 Å². The fourth-order valence-electron chi connectivity index (χ4n) is 5.19. The van der Waals surface area contributed by atoms with E-state index in [0.29, 0.717) is 53.4 Å². The van der Waals surface area contributed by atoms with Crippen molar-refractivity contribution in [1.29, 1.82) is 0 Å². The number of aromatic nitrogens is 6. The summed E-state index contributed by atoms with van der Waals surface area (Å²) in [6, 6.07) is 14.2. The highest BCUT2D eigenvalue weighted by molar-refractivity contribution is 5.99. The quantitative estimate of drug-likeness (QED) is 0.363. The number of hydrogen-bond acceptors (Lipinski definition) is 10. The second kappa shape index (κ2) is 8.67. The second-order valence-electron chi connectivity index (χ2n) is 9.41. The van der Waals surface area contributed by atoms with Crippen LogP contribution in [-0.4, -0.2) is 56.0 Å². The van der Waals surface area contributed by atoms with Gasteiger partial charge in [0.1, 0.15) is 29.2 Å². The van der Waals surface area contributed by atoms with Gasteiger partial charge in [0.15, 0.2) is 11.2 Å². The van der Waals surface area contributed by atoms with Crippen molar-refractivity contribution in [2.75, 3.05) is 42.7 Å². The predicted octanol–water partition coefficient (Wildman–Crippen LogP) is 3.54. The van der Waals surface area contributed by atoms with E-state index in [1.165, 1.54) is 11.9 Å². The number of benzene rings is 2. The van der Waals surface area contributed by atoms with Crippen LogP contribution in [0.15, 0.2) is 53.2 Å². The Morgan fingerprint density at radius 2 is 1.84 bits per heavy atom. The summed E-state index contributed by atoms with van der Waals surface area (Å²) < 4.78 is 12.9. The van der Waals surface area contributed by atoms with Crippen molar-refractivity contribution >= 4 is 50.6 Å². The lowest BCUT2D eigenvalue weighted by Gasteiger charge is -2.29. The van der Waals surface area contributed by atoms with E-state index < -0.39 is 0 Å². The van der Waals surface area contributed by atoms with Crippen molar-refractivity contribution < 1.29 is 9.15 Å². The van der Waals surface area contributed by atoms with Gasteiger partial charge in [-0.25, -0.2) is 19.6 Å². The van der Waals surface area contributed by atoms with Gasteiger partial charge in [-0.1, -0.05) is 18.2 Å². The largest absolute Gasteiger partial charge is 0.424 e. The van der Waals surface area contributed by atoms with E-state index >= 15 is 0 Å². The normalized spacial score (nSPS) is 14.2. The Hall–Kier alpha value is -4.77. The number of nitrogens with two attached hydrogens (primary N) is 2. The minimum atomic E-state index is 0.115. The Bertz CT molecular complexity index is 1840. The number of fused-ring (bicyclic) bond motifs is 3. The highest BCUT2D eigenvalue weighted by Gasteiger charge is 2.21. The first-order chi connectivity index (χ1) is 18.5. The maximum atomic E-state index is 6.34. The third-order valence-electron chi connectivity index (χ3n) is 6.96. The first kappa shape index (κ1) is 22.4. The number of pyridine rings is 1. The van der Waals surface area contributed by atoms with Gasteiger partial charge < -0.3 is 25.5 Å². The molecule has 1 aliphatic rings. The summed E-state index contributed by atoms with van der Waals surface area (Å²) in [5.41, 5.74) is 17.5. The molecule has 6 aromatic rings. The third kappa shape index (κ3) is 3.67. The van der Waals surface area contributed by atoms with E-state index in [2.05, 4.69) is 51.0 Å². The summed E-state index contributed by atoms with van der Waals surface area (Å²) in [6.07, 6.45) is 1.46. The molecule has 2 aromatic carbocycles. The average Bonchev–Trinajstić information content (AvgIpc) is 3.48. The van der Waals surface area contributed by atoms with Gasteiger partial charge in [0.05, 0.1) is 30.8 Å². The van der Waals surface area contributed by atoms with Crippen LogP contribution in [-0.2, 0) is 11.3 Å². The van der Waals surface area contributed by atoms with Crippen LogP contribution < -0.4 is 16.4 Å². The molecule has 0 aliphatic carbocycles. The highest BCUT2D eigenvalue weighted by Crippen LogP contribution is 2.34. The van der Waals surface area contributed by atoms with E-state index in [1.807, 2.05) is 22.9 Å². The molecule has 0 atom stereocenters. The summed E-state index contributed by atoms with van der Waals surface area (Å²) >= 11 is 0. The molecule has 11 nitrogen and oxygen atoms in total. The Morgan fingerprint density at radius 3 is 2.71 bits per heavy atom. The molecule has 1 saturated heterocycles. The monoisotopic (exact) mass is 507 g/mol. The Morgan fingerprint density at radius 1 is 0.974 bits per heavy atom. The van der Waals surface area contributed by atoms with Crippen molar-refractivity contribution in [3.8, 4) is 11.3 Å². The van der Waals surface area contributed by atoms with Crippen molar-refractivity contribution in [1.82, 2.24) is 29.7 Å². The molecule has 7 rings (SSSR count). The number of aryl methyl sites for hydroxylation is 1. The second-order valence-corrected chi connectivity index (χ2v) is 9.41. The molecule has 0 saturated carbocycles. The molecule has 38 heavy (non-hydrogen) atoms. The maximum absolute atomic E-state index is 6.34. The third-order valence-corrected chi connectivity index (χ3v) is 6.96. The van der Waals surface area contributed by atoms with E-state index in [4.69, 9.17) is 30.7 Å². The summed E-state index contributed by atoms with van der Waals surface area (Å²) in [7, 11) is 0. The number of hydrogen-bond donors (Lipinski definition) is 2. The molecule has 4 aromatic heterocycles. The van der Waals surface area contributed by atoms with Crippen LogP contribution in [0.5, 0.6) is 0 Å². The zero-order chi connectivity index (χ0) is 25.8. The zero-order valence-corrected chi connectivity index (χ0v) is 20.8. The van der Waals surface area contributed by atoms with Crippen molar-refractivity contribution in [3.63, 3.8) is 0 Å². The topological polar surface area (TPSA) is 147 Å². The molecular weight excluding hydrogens is 482 g/mol. The lowest BCUT2D eigenvalue weighted by molar-refractivity contribution is 0.122. The molecule has 0 amide bonds. The lowest BCUT2D eigenvalue weighted by Crippen LogP contribution is -2.37. The molecule has 1 aliphatic heterocycles. The highest BCUT2D eigenvalue weighted by atomic mass is 16.5. The first-order valence-electron chi connectivity index (χ1n) is 12.4. The summed E-state index contributed by atoms with van der Waals surface area (Å²) in [5, 5.41) is 7.91. The number of morpholine rings is 1. The van der Waals surface area contributed by atoms with Crippen LogP contribution in [0.3, 0.4) is 0 Å². The molecular formula is C27H25N9O2. The SMILES string of the molecule is Cc1cccc2cc(Cn3nc(-c4ccc5oc(N)nc5c4)c4c(N)ncnc43)nc(N3CCOCC3)c12. The van der Waals surface area contributed by atoms with Gasteiger partial charge in [0.2, 0.25) is 0 Å². The van der Waals surface area contributed by atoms with Gasteiger partial charge >= 0.3 is 0 Å². The van der Waals surface area contributed by atoms with Crippen molar-refractivity contribution in [2.45, 2.75) is 13.5 Å². The molecule has 0 unspecified atom stereocenters. The standard InChI is InChI=1S/C27H25N9O2/c1-15-3-2-4-16-11-18(32-26(21(15)16)35-7-9-37-10-8-35)13-36-25-22(24(28)30-14-31-25)23(34-36)17-5-6-20-19(12-17)33-27(29)38-20/h2-6,11-12,14H,7-10,13H2,1H3,(H2,29,33)(H2,28,30,31). The summed E-state index contributed by atoms with van der Waals surface area (Å²) in [4.78, 5) is 20.5. The van der Waals surface area contributed by atoms with Crippen molar-refractivity contribution in [3.05, 3.63) is 60.0 Å². The Kier molecular flexibility index (Phi) is 5.11. The molecule has 0 bridgehead atoms. The number of rotatable bonds is 4. The molecule has 4 N–H and O–H groups in total. The molecule has 0 spiro atoms. The fraction of sp³-hybridized carbons (Fsp3) is 0.222. The first-order valence-corrected chi connectivity index (χ1v) is 12.4. The van der Waals surface area contributed by atoms with Crippen LogP contribution in [0, 0.1) is 6.92 Å². The molecule has 11 heteroatoms. The number of nitrogen functional groups attached to an aromatic ring is 2. The van der Waals surface area contributed by atoms with Crippen LogP contribution in [0.4, 0.5) is 17.7 Å². The van der Waals surface area contributed by atoms with E-state index in [9.17, 15) is 0 Å².